The lowest BCUT2D eigenvalue weighted by molar-refractivity contribution is -0.308. The summed E-state index contributed by atoms with van der Waals surface area (Å²) in [6.45, 7) is 1.48. The minimum absolute atomic E-state index is 0.165. The highest BCUT2D eigenvalue weighted by Gasteiger charge is 2.72. The van der Waals surface area contributed by atoms with Crippen molar-refractivity contribution in [3.05, 3.63) is 0 Å². The third-order valence-electron chi connectivity index (χ3n) is 2.19. The molecule has 0 N–H and O–H groups in total. The second-order valence-electron chi connectivity index (χ2n) is 3.46. The van der Waals surface area contributed by atoms with Crippen LogP contribution in [0, 0.1) is 0 Å². The van der Waals surface area contributed by atoms with Crippen molar-refractivity contribution in [2.75, 3.05) is 0 Å². The van der Waals surface area contributed by atoms with Crippen molar-refractivity contribution in [3.63, 3.8) is 0 Å². The van der Waals surface area contributed by atoms with Gasteiger partial charge in [0.2, 0.25) is 0 Å². The largest absolute Gasteiger partial charge is 0.431 e. The molecular weight excluding hydrogens is 229 g/mol. The van der Waals surface area contributed by atoms with Crippen LogP contribution >= 0.6 is 0 Å². The number of rotatable bonds is 4. The Morgan fingerprint density at radius 1 is 1.00 bits per heavy atom. The van der Waals surface area contributed by atoms with Crippen LogP contribution < -0.4 is 0 Å². The summed E-state index contributed by atoms with van der Waals surface area (Å²) in [6.07, 6.45) is -11.5. The van der Waals surface area contributed by atoms with Crippen LogP contribution in [0.5, 0.6) is 0 Å². The summed E-state index contributed by atoms with van der Waals surface area (Å²) in [4.78, 5) is 0. The van der Waals surface area contributed by atoms with Crippen LogP contribution in [0.15, 0.2) is 0 Å². The van der Waals surface area contributed by atoms with E-state index in [1.807, 2.05) is 0 Å². The highest BCUT2D eigenvalue weighted by atomic mass is 19.4. The number of halogens is 7. The first-order valence-electron chi connectivity index (χ1n) is 4.23. The molecule has 0 rings (SSSR count). The fourth-order valence-electron chi connectivity index (χ4n) is 1.30. The van der Waals surface area contributed by atoms with E-state index in [1.165, 1.54) is 6.92 Å². The third-order valence-corrected chi connectivity index (χ3v) is 2.19. The van der Waals surface area contributed by atoms with Gasteiger partial charge in [0.1, 0.15) is 0 Å². The normalized spacial score (nSPS) is 21.2. The fraction of sp³-hybridized carbons (Fsp3) is 1.00. The lowest BCUT2D eigenvalue weighted by Crippen LogP contribution is -2.60. The van der Waals surface area contributed by atoms with Gasteiger partial charge in [0.05, 0.1) is 0 Å². The molecule has 0 bridgehead atoms. The fourth-order valence-corrected chi connectivity index (χ4v) is 1.30. The van der Waals surface area contributed by atoms with E-state index in [9.17, 15) is 30.7 Å². The van der Waals surface area contributed by atoms with Crippen molar-refractivity contribution in [3.8, 4) is 0 Å². The first kappa shape index (κ1) is 14.5. The molecule has 0 nitrogen and oxygen atoms in total. The molecule has 0 aromatic heterocycles. The molecule has 0 radical (unpaired) electrons. The van der Waals surface area contributed by atoms with Crippen LogP contribution in [0.25, 0.3) is 0 Å². The van der Waals surface area contributed by atoms with E-state index >= 15 is 0 Å². The Morgan fingerprint density at radius 3 is 1.60 bits per heavy atom. The van der Waals surface area contributed by atoms with E-state index in [2.05, 4.69) is 0 Å². The molecule has 0 spiro atoms. The lowest BCUT2D eigenvalue weighted by Gasteiger charge is -2.37. The number of alkyl halides is 7. The minimum Gasteiger partial charge on any atom is -0.240 e. The van der Waals surface area contributed by atoms with Gasteiger partial charge in [0.15, 0.2) is 5.67 Å². The molecule has 0 saturated carbocycles. The molecule has 0 aromatic carbocycles. The zero-order chi connectivity index (χ0) is 12.5. The summed E-state index contributed by atoms with van der Waals surface area (Å²) < 4.78 is 86.8. The third kappa shape index (κ3) is 2.36. The van der Waals surface area contributed by atoms with Gasteiger partial charge in [0.25, 0.3) is 12.1 Å². The monoisotopic (exact) mass is 240 g/mol. The molecule has 0 aliphatic heterocycles. The summed E-state index contributed by atoms with van der Waals surface area (Å²) in [5, 5.41) is 0. The summed E-state index contributed by atoms with van der Waals surface area (Å²) in [5.74, 6) is 0. The second-order valence-corrected chi connectivity index (χ2v) is 3.46. The molecular formula is C8H11F7. The van der Waals surface area contributed by atoms with Gasteiger partial charge in [-0.1, -0.05) is 13.3 Å². The van der Waals surface area contributed by atoms with E-state index in [1.54, 1.807) is 0 Å². The summed E-state index contributed by atoms with van der Waals surface area (Å²) in [5.41, 5.74) is -8.75. The average Bonchev–Trinajstić information content (AvgIpc) is 1.99. The molecule has 0 saturated heterocycles. The standard InChI is InChI=1S/C8H11F7/c1-3-4-6(2,11)7(12,5(9)10)8(13,14)15/h5H,3-4H2,1-2H3. The maximum Gasteiger partial charge on any atom is 0.431 e. The Balaban J connectivity index is 5.30. The zero-order valence-corrected chi connectivity index (χ0v) is 8.14. The van der Waals surface area contributed by atoms with Gasteiger partial charge in [0, 0.05) is 0 Å². The highest BCUT2D eigenvalue weighted by Crippen LogP contribution is 2.49. The molecule has 15 heavy (non-hydrogen) atoms. The van der Waals surface area contributed by atoms with Crippen molar-refractivity contribution in [1.82, 2.24) is 0 Å². The van der Waals surface area contributed by atoms with Crippen LogP contribution in [0.2, 0.25) is 0 Å². The van der Waals surface area contributed by atoms with Crippen LogP contribution in [-0.4, -0.2) is 23.9 Å². The molecule has 0 fully saturated rings. The van der Waals surface area contributed by atoms with E-state index in [0.29, 0.717) is 0 Å². The molecule has 7 heteroatoms. The van der Waals surface area contributed by atoms with Crippen LogP contribution in [-0.2, 0) is 0 Å². The smallest absolute Gasteiger partial charge is 0.240 e. The molecule has 0 aromatic rings. The van der Waals surface area contributed by atoms with Gasteiger partial charge in [-0.15, -0.1) is 0 Å². The molecule has 0 amide bonds. The van der Waals surface area contributed by atoms with Gasteiger partial charge >= 0.3 is 6.18 Å². The van der Waals surface area contributed by atoms with E-state index in [4.69, 9.17) is 0 Å². The second kappa shape index (κ2) is 4.17. The maximum absolute atomic E-state index is 13.3. The summed E-state index contributed by atoms with van der Waals surface area (Å²) in [6, 6.07) is 0. The first-order chi connectivity index (χ1) is 6.50. The molecule has 0 aliphatic carbocycles. The Hall–Kier alpha value is -0.490. The van der Waals surface area contributed by atoms with Crippen molar-refractivity contribution < 1.29 is 30.7 Å². The van der Waals surface area contributed by atoms with Gasteiger partial charge in [-0.25, -0.2) is 17.6 Å². The average molecular weight is 240 g/mol. The topological polar surface area (TPSA) is 0 Å². The Kier molecular flexibility index (Phi) is 4.04. The van der Waals surface area contributed by atoms with Gasteiger partial charge in [-0.3, -0.25) is 0 Å². The molecule has 0 aliphatic rings. The highest BCUT2D eigenvalue weighted by molar-refractivity contribution is 5.04. The molecule has 92 valence electrons. The Bertz CT molecular complexity index is 208. The minimum atomic E-state index is -5.93. The van der Waals surface area contributed by atoms with Crippen LogP contribution in [0.4, 0.5) is 30.7 Å². The van der Waals surface area contributed by atoms with Crippen LogP contribution in [0.3, 0.4) is 0 Å². The van der Waals surface area contributed by atoms with Crippen molar-refractivity contribution in [2.45, 2.75) is 50.6 Å². The number of hydrogen-bond donors (Lipinski definition) is 0. The Labute approximate surface area is 82.5 Å². The lowest BCUT2D eigenvalue weighted by atomic mass is 9.83. The van der Waals surface area contributed by atoms with Crippen molar-refractivity contribution in [2.24, 2.45) is 0 Å². The molecule has 0 heterocycles. The molecule has 2 atom stereocenters. The van der Waals surface area contributed by atoms with Gasteiger partial charge in [-0.2, -0.15) is 13.2 Å². The van der Waals surface area contributed by atoms with E-state index < -0.39 is 30.4 Å². The van der Waals surface area contributed by atoms with Crippen molar-refractivity contribution >= 4 is 0 Å². The first-order valence-corrected chi connectivity index (χ1v) is 4.23. The van der Waals surface area contributed by atoms with Gasteiger partial charge < -0.3 is 0 Å². The van der Waals surface area contributed by atoms with Crippen molar-refractivity contribution in [1.29, 1.82) is 0 Å². The quantitative estimate of drug-likeness (QED) is 0.650. The predicted molar refractivity (Wildman–Crippen MR) is 40.3 cm³/mol. The predicted octanol–water partition coefficient (Wildman–Crippen LogP) is 4.05. The SMILES string of the molecule is CCCC(C)(F)C(F)(C(F)F)C(F)(F)F. The van der Waals surface area contributed by atoms with E-state index in [0.717, 1.165) is 0 Å². The summed E-state index contributed by atoms with van der Waals surface area (Å²) >= 11 is 0. The maximum atomic E-state index is 13.3. The van der Waals surface area contributed by atoms with E-state index in [-0.39, 0.29) is 13.3 Å². The number of hydrogen-bond acceptors (Lipinski definition) is 0. The zero-order valence-electron chi connectivity index (χ0n) is 8.14. The van der Waals surface area contributed by atoms with Gasteiger partial charge in [-0.05, 0) is 13.3 Å². The summed E-state index contributed by atoms with van der Waals surface area (Å²) in [7, 11) is 0. The van der Waals surface area contributed by atoms with Crippen LogP contribution in [0.1, 0.15) is 26.7 Å². The Morgan fingerprint density at radius 2 is 1.40 bits per heavy atom. The molecule has 2 unspecified atom stereocenters.